The fourth-order valence-electron chi connectivity index (χ4n) is 2.51. The van der Waals surface area contributed by atoms with Gasteiger partial charge in [-0.1, -0.05) is 25.7 Å². The van der Waals surface area contributed by atoms with E-state index in [0.717, 1.165) is 38.5 Å². The number of carboxylic acids is 1. The summed E-state index contributed by atoms with van der Waals surface area (Å²) in [5, 5.41) is 23.4. The third kappa shape index (κ3) is 7.67. The Hall–Kier alpha value is -2.03. The van der Waals surface area contributed by atoms with Crippen molar-refractivity contribution in [2.45, 2.75) is 63.8 Å². The summed E-state index contributed by atoms with van der Waals surface area (Å²) in [5.74, 6) is -1.09. The predicted octanol–water partition coefficient (Wildman–Crippen LogP) is 2.08. The number of aliphatic carboxylic acids is 1. The van der Waals surface area contributed by atoms with Crippen molar-refractivity contribution >= 4 is 11.9 Å². The van der Waals surface area contributed by atoms with Gasteiger partial charge in [0.15, 0.2) is 0 Å². The lowest BCUT2D eigenvalue weighted by atomic mass is 9.95. The molecule has 0 atom stereocenters. The van der Waals surface area contributed by atoms with Crippen LogP contribution in [0.15, 0.2) is 11.8 Å². The van der Waals surface area contributed by atoms with E-state index >= 15 is 0 Å². The van der Waals surface area contributed by atoms with E-state index in [2.05, 4.69) is 10.6 Å². The van der Waals surface area contributed by atoms with Gasteiger partial charge in [0.2, 0.25) is 0 Å². The van der Waals surface area contributed by atoms with Crippen LogP contribution in [0.25, 0.3) is 0 Å². The van der Waals surface area contributed by atoms with E-state index in [4.69, 9.17) is 10.4 Å². The number of amides is 1. The van der Waals surface area contributed by atoms with Crippen LogP contribution in [0.3, 0.4) is 0 Å². The molecular formula is C16H25N3O3. The van der Waals surface area contributed by atoms with Crippen molar-refractivity contribution in [3.8, 4) is 6.07 Å². The molecule has 122 valence electrons. The molecule has 0 radical (unpaired) electrons. The van der Waals surface area contributed by atoms with Crippen LogP contribution in [0.4, 0.5) is 0 Å². The molecule has 6 heteroatoms. The van der Waals surface area contributed by atoms with Gasteiger partial charge in [-0.3, -0.25) is 9.59 Å². The molecule has 1 aliphatic rings. The molecule has 0 heterocycles. The summed E-state index contributed by atoms with van der Waals surface area (Å²) in [6, 6.07) is 2.11. The maximum atomic E-state index is 12.0. The molecule has 0 aliphatic heterocycles. The van der Waals surface area contributed by atoms with E-state index in [1.54, 1.807) is 0 Å². The lowest BCUT2D eigenvalue weighted by molar-refractivity contribution is -0.137. The number of hydrogen-bond donors (Lipinski definition) is 3. The molecule has 0 saturated heterocycles. The Kier molecular flexibility index (Phi) is 8.73. The molecule has 0 aromatic heterocycles. The Morgan fingerprint density at radius 3 is 2.55 bits per heavy atom. The highest BCUT2D eigenvalue weighted by Crippen LogP contribution is 2.17. The molecule has 0 aromatic carbocycles. The first kappa shape index (κ1) is 18.0. The Morgan fingerprint density at radius 2 is 1.91 bits per heavy atom. The number of rotatable bonds is 9. The number of carbonyl (C=O) groups excluding carboxylic acids is 1. The summed E-state index contributed by atoms with van der Waals surface area (Å²) in [4.78, 5) is 22.3. The topological polar surface area (TPSA) is 102 Å². The van der Waals surface area contributed by atoms with Gasteiger partial charge in [-0.15, -0.1) is 0 Å². The van der Waals surface area contributed by atoms with Crippen LogP contribution in [0, 0.1) is 11.3 Å². The summed E-state index contributed by atoms with van der Waals surface area (Å²) in [6.45, 7) is 0.626. The summed E-state index contributed by atoms with van der Waals surface area (Å²) < 4.78 is 0. The van der Waals surface area contributed by atoms with E-state index < -0.39 is 5.97 Å². The van der Waals surface area contributed by atoms with Gasteiger partial charge in [0.1, 0.15) is 11.6 Å². The molecule has 1 fully saturated rings. The number of nitrogens with zero attached hydrogens (tertiary/aromatic N) is 1. The molecule has 0 aromatic rings. The van der Waals surface area contributed by atoms with E-state index in [1.165, 1.54) is 12.6 Å². The molecular weight excluding hydrogens is 282 g/mol. The third-order valence-corrected chi connectivity index (χ3v) is 3.76. The molecule has 22 heavy (non-hydrogen) atoms. The van der Waals surface area contributed by atoms with Crippen molar-refractivity contribution in [3.63, 3.8) is 0 Å². The van der Waals surface area contributed by atoms with Crippen LogP contribution in [0.1, 0.15) is 57.8 Å². The van der Waals surface area contributed by atoms with Gasteiger partial charge >= 0.3 is 5.97 Å². The third-order valence-electron chi connectivity index (χ3n) is 3.76. The van der Waals surface area contributed by atoms with E-state index in [-0.39, 0.29) is 23.9 Å². The second-order valence-corrected chi connectivity index (χ2v) is 5.64. The Morgan fingerprint density at radius 1 is 1.18 bits per heavy atom. The average Bonchev–Trinajstić information content (AvgIpc) is 2.50. The van der Waals surface area contributed by atoms with E-state index in [9.17, 15) is 9.59 Å². The largest absolute Gasteiger partial charge is 0.481 e. The van der Waals surface area contributed by atoms with Crippen LogP contribution >= 0.6 is 0 Å². The van der Waals surface area contributed by atoms with Gasteiger partial charge < -0.3 is 15.7 Å². The predicted molar refractivity (Wildman–Crippen MR) is 82.8 cm³/mol. The first-order chi connectivity index (χ1) is 10.6. The van der Waals surface area contributed by atoms with E-state index in [1.807, 2.05) is 6.07 Å². The summed E-state index contributed by atoms with van der Waals surface area (Å²) >= 11 is 0. The highest BCUT2D eigenvalue weighted by molar-refractivity contribution is 5.97. The van der Waals surface area contributed by atoms with Crippen molar-refractivity contribution in [3.05, 3.63) is 11.8 Å². The van der Waals surface area contributed by atoms with E-state index in [0.29, 0.717) is 13.0 Å². The zero-order chi connectivity index (χ0) is 16.2. The van der Waals surface area contributed by atoms with Gasteiger partial charge in [-0.25, -0.2) is 0 Å². The Bertz CT molecular complexity index is 434. The summed E-state index contributed by atoms with van der Waals surface area (Å²) in [7, 11) is 0. The molecule has 1 aliphatic carbocycles. The number of unbranched alkanes of at least 4 members (excludes halogenated alkanes) is 2. The van der Waals surface area contributed by atoms with Crippen molar-refractivity contribution in [1.29, 1.82) is 5.26 Å². The van der Waals surface area contributed by atoms with Crippen molar-refractivity contribution in [2.24, 2.45) is 0 Å². The maximum Gasteiger partial charge on any atom is 0.303 e. The number of nitriles is 1. The Balaban J connectivity index is 2.22. The Labute approximate surface area is 131 Å². The monoisotopic (exact) mass is 307 g/mol. The van der Waals surface area contributed by atoms with Crippen LogP contribution < -0.4 is 10.6 Å². The molecule has 0 spiro atoms. The number of nitrogens with one attached hydrogen (secondary N) is 2. The second-order valence-electron chi connectivity index (χ2n) is 5.64. The number of carboxylic acid groups (broad SMARTS) is 1. The minimum absolute atomic E-state index is 0.0936. The molecule has 1 amide bonds. The summed E-state index contributed by atoms with van der Waals surface area (Å²) in [6.07, 6.45) is 9.36. The van der Waals surface area contributed by atoms with Crippen LogP contribution in [0.2, 0.25) is 0 Å². The smallest absolute Gasteiger partial charge is 0.303 e. The van der Waals surface area contributed by atoms with Gasteiger partial charge in [0.05, 0.1) is 0 Å². The van der Waals surface area contributed by atoms with Gasteiger partial charge in [0, 0.05) is 25.2 Å². The zero-order valence-electron chi connectivity index (χ0n) is 12.9. The minimum atomic E-state index is -0.779. The second kappa shape index (κ2) is 10.7. The molecule has 3 N–H and O–H groups in total. The minimum Gasteiger partial charge on any atom is -0.481 e. The summed E-state index contributed by atoms with van der Waals surface area (Å²) in [5.41, 5.74) is 0.0936. The fourth-order valence-corrected chi connectivity index (χ4v) is 2.51. The highest BCUT2D eigenvalue weighted by atomic mass is 16.4. The van der Waals surface area contributed by atoms with Crippen LogP contribution in [0.5, 0.6) is 0 Å². The fraction of sp³-hybridized carbons (Fsp3) is 0.688. The lowest BCUT2D eigenvalue weighted by Crippen LogP contribution is -2.37. The average molecular weight is 307 g/mol. The SMILES string of the molecule is N#C/C(=C/NCCCCCC(=O)O)C(=O)NC1CCCCC1. The van der Waals surface area contributed by atoms with Crippen molar-refractivity contribution in [1.82, 2.24) is 10.6 Å². The quantitative estimate of drug-likeness (QED) is 0.344. The molecule has 0 unspecified atom stereocenters. The highest BCUT2D eigenvalue weighted by Gasteiger charge is 2.17. The van der Waals surface area contributed by atoms with Gasteiger partial charge in [-0.2, -0.15) is 5.26 Å². The number of carbonyl (C=O) groups is 2. The van der Waals surface area contributed by atoms with Crippen LogP contribution in [-0.2, 0) is 9.59 Å². The standard InChI is InChI=1S/C16H25N3O3/c17-11-13(12-18-10-6-2-5-9-15(20)21)16(22)19-14-7-3-1-4-8-14/h12,14,18H,1-10H2,(H,19,22)(H,20,21)/b13-12-. The van der Waals surface area contributed by atoms with Crippen molar-refractivity contribution < 1.29 is 14.7 Å². The first-order valence-electron chi connectivity index (χ1n) is 8.00. The lowest BCUT2D eigenvalue weighted by Gasteiger charge is -2.22. The normalized spacial score (nSPS) is 15.9. The zero-order valence-corrected chi connectivity index (χ0v) is 12.9. The molecule has 6 nitrogen and oxygen atoms in total. The maximum absolute atomic E-state index is 12.0. The van der Waals surface area contributed by atoms with Crippen LogP contribution in [-0.4, -0.2) is 29.6 Å². The molecule has 1 rings (SSSR count). The first-order valence-corrected chi connectivity index (χ1v) is 8.00. The van der Waals surface area contributed by atoms with Crippen molar-refractivity contribution in [2.75, 3.05) is 6.54 Å². The number of hydrogen-bond acceptors (Lipinski definition) is 4. The van der Waals surface area contributed by atoms with Gasteiger partial charge in [-0.05, 0) is 25.7 Å². The van der Waals surface area contributed by atoms with Gasteiger partial charge in [0.25, 0.3) is 5.91 Å². The molecule has 1 saturated carbocycles. The molecule has 0 bridgehead atoms.